The third kappa shape index (κ3) is 3.74. The fourth-order valence-corrected chi connectivity index (χ4v) is 3.23. The first-order chi connectivity index (χ1) is 14.5. The van der Waals surface area contributed by atoms with Gasteiger partial charge in [0.15, 0.2) is 5.65 Å². The number of pyridine rings is 2. The molecular weight excluding hydrogens is 392 g/mol. The summed E-state index contributed by atoms with van der Waals surface area (Å²) in [5, 5.41) is 0.307. The number of ether oxygens (including phenoxy) is 1. The van der Waals surface area contributed by atoms with Crippen molar-refractivity contribution in [1.29, 1.82) is 0 Å². The number of aromatic nitrogens is 4. The van der Waals surface area contributed by atoms with Gasteiger partial charge in [0, 0.05) is 18.3 Å². The van der Waals surface area contributed by atoms with Gasteiger partial charge in [-0.2, -0.15) is 0 Å². The molecule has 0 saturated carbocycles. The van der Waals surface area contributed by atoms with E-state index < -0.39 is 17.7 Å². The van der Waals surface area contributed by atoms with Crippen molar-refractivity contribution in [2.24, 2.45) is 5.73 Å². The molecule has 1 aromatic carbocycles. The highest BCUT2D eigenvalue weighted by Gasteiger charge is 2.20. The van der Waals surface area contributed by atoms with Crippen molar-refractivity contribution < 1.29 is 13.5 Å². The maximum absolute atomic E-state index is 13.6. The number of methoxy groups -OCH3 is 1. The molecule has 4 rings (SSSR count). The number of hydrogen-bond donors (Lipinski definition) is 1. The predicted octanol–water partition coefficient (Wildman–Crippen LogP) is 2.71. The van der Waals surface area contributed by atoms with Crippen LogP contribution in [-0.2, 0) is 6.42 Å². The van der Waals surface area contributed by atoms with Crippen molar-refractivity contribution in [2.45, 2.75) is 12.5 Å². The van der Waals surface area contributed by atoms with Crippen LogP contribution < -0.4 is 16.0 Å². The van der Waals surface area contributed by atoms with Gasteiger partial charge in [-0.05, 0) is 42.3 Å². The average Bonchev–Trinajstić information content (AvgIpc) is 2.73. The number of fused-ring (bicyclic) bond motifs is 1. The largest absolute Gasteiger partial charge is 0.481 e. The van der Waals surface area contributed by atoms with Crippen LogP contribution in [0.2, 0.25) is 0 Å². The Kier molecular flexibility index (Phi) is 5.20. The highest BCUT2D eigenvalue weighted by Crippen LogP contribution is 2.21. The molecule has 4 aromatic rings. The second kappa shape index (κ2) is 7.96. The van der Waals surface area contributed by atoms with Crippen molar-refractivity contribution in [3.8, 4) is 11.6 Å². The SMILES string of the molecule is COc1ccc(-n2c([C@@H](N)Cc3cc(F)cc(F)c3)nc3ncccc3c2=O)cn1. The lowest BCUT2D eigenvalue weighted by molar-refractivity contribution is 0.397. The molecule has 0 radical (unpaired) electrons. The third-order valence-corrected chi connectivity index (χ3v) is 4.57. The molecule has 3 heterocycles. The summed E-state index contributed by atoms with van der Waals surface area (Å²) in [6.07, 6.45) is 3.04. The highest BCUT2D eigenvalue weighted by molar-refractivity contribution is 5.73. The molecule has 0 fully saturated rings. The Labute approximate surface area is 169 Å². The normalized spacial score (nSPS) is 12.1. The maximum atomic E-state index is 13.6. The first-order valence-electron chi connectivity index (χ1n) is 9.05. The molecular formula is C21H17F2N5O2. The molecule has 152 valence electrons. The minimum atomic E-state index is -0.840. The van der Waals surface area contributed by atoms with Crippen LogP contribution in [0.25, 0.3) is 16.7 Å². The predicted molar refractivity (Wildman–Crippen MR) is 106 cm³/mol. The lowest BCUT2D eigenvalue weighted by Crippen LogP contribution is -2.29. The zero-order chi connectivity index (χ0) is 21.3. The quantitative estimate of drug-likeness (QED) is 0.545. The summed E-state index contributed by atoms with van der Waals surface area (Å²) in [7, 11) is 1.48. The first-order valence-corrected chi connectivity index (χ1v) is 9.05. The van der Waals surface area contributed by atoms with Gasteiger partial charge in [0.05, 0.1) is 30.4 Å². The minimum absolute atomic E-state index is 0.0586. The van der Waals surface area contributed by atoms with Crippen LogP contribution in [0.3, 0.4) is 0 Å². The first kappa shape index (κ1) is 19.6. The van der Waals surface area contributed by atoms with Crippen LogP contribution in [0.4, 0.5) is 8.78 Å². The van der Waals surface area contributed by atoms with Crippen LogP contribution >= 0.6 is 0 Å². The van der Waals surface area contributed by atoms with E-state index in [1.165, 1.54) is 36.2 Å². The van der Waals surface area contributed by atoms with E-state index >= 15 is 0 Å². The summed E-state index contributed by atoms with van der Waals surface area (Å²) >= 11 is 0. The second-order valence-corrected chi connectivity index (χ2v) is 6.63. The van der Waals surface area contributed by atoms with Crippen molar-refractivity contribution >= 4 is 11.0 Å². The Hall–Kier alpha value is -3.72. The summed E-state index contributed by atoms with van der Waals surface area (Å²) in [6.45, 7) is 0. The van der Waals surface area contributed by atoms with Gasteiger partial charge in [0.1, 0.15) is 17.5 Å². The Morgan fingerprint density at radius 2 is 1.90 bits per heavy atom. The van der Waals surface area contributed by atoms with Gasteiger partial charge in [0.2, 0.25) is 5.88 Å². The van der Waals surface area contributed by atoms with Crippen LogP contribution in [0, 0.1) is 11.6 Å². The Bertz CT molecular complexity index is 1250. The second-order valence-electron chi connectivity index (χ2n) is 6.63. The van der Waals surface area contributed by atoms with Gasteiger partial charge in [-0.1, -0.05) is 0 Å². The van der Waals surface area contributed by atoms with Crippen LogP contribution in [-0.4, -0.2) is 26.6 Å². The Balaban J connectivity index is 1.87. The van der Waals surface area contributed by atoms with Gasteiger partial charge in [-0.3, -0.25) is 9.36 Å². The summed E-state index contributed by atoms with van der Waals surface area (Å²) < 4.78 is 33.6. The number of halogens is 2. The summed E-state index contributed by atoms with van der Waals surface area (Å²) in [5.74, 6) is -0.838. The molecule has 1 atom stereocenters. The molecule has 0 aliphatic rings. The standard InChI is InChI=1S/C21H17F2N5O2/c1-30-18-5-4-15(11-26-18)28-20(27-19-16(21(28)29)3-2-6-25-19)17(24)9-12-7-13(22)10-14(23)8-12/h2-8,10-11,17H,9,24H2,1H3/t17-/m0/s1. The molecule has 2 N–H and O–H groups in total. The van der Waals surface area contributed by atoms with E-state index in [-0.39, 0.29) is 23.5 Å². The Morgan fingerprint density at radius 3 is 2.57 bits per heavy atom. The number of nitrogens with two attached hydrogens (primary N) is 1. The lowest BCUT2D eigenvalue weighted by atomic mass is 10.0. The van der Waals surface area contributed by atoms with E-state index in [2.05, 4.69) is 15.0 Å². The minimum Gasteiger partial charge on any atom is -0.481 e. The van der Waals surface area contributed by atoms with Gasteiger partial charge < -0.3 is 10.5 Å². The van der Waals surface area contributed by atoms with Crippen LogP contribution in [0.15, 0.2) is 59.7 Å². The van der Waals surface area contributed by atoms with E-state index in [4.69, 9.17) is 10.5 Å². The number of rotatable bonds is 5. The van der Waals surface area contributed by atoms with E-state index in [9.17, 15) is 13.6 Å². The molecule has 0 unspecified atom stereocenters. The number of hydrogen-bond acceptors (Lipinski definition) is 6. The molecule has 30 heavy (non-hydrogen) atoms. The third-order valence-electron chi connectivity index (χ3n) is 4.57. The zero-order valence-electron chi connectivity index (χ0n) is 15.9. The molecule has 9 heteroatoms. The van der Waals surface area contributed by atoms with Crippen molar-refractivity contribution in [3.05, 3.63) is 88.2 Å². The summed E-state index contributed by atoms with van der Waals surface area (Å²) in [4.78, 5) is 26.0. The van der Waals surface area contributed by atoms with E-state index in [0.29, 0.717) is 22.5 Å². The summed E-state index contributed by atoms with van der Waals surface area (Å²) in [6, 6.07) is 8.83. The van der Waals surface area contributed by atoms with E-state index in [0.717, 1.165) is 6.07 Å². The zero-order valence-corrected chi connectivity index (χ0v) is 15.9. The van der Waals surface area contributed by atoms with Crippen LogP contribution in [0.5, 0.6) is 5.88 Å². The van der Waals surface area contributed by atoms with Gasteiger partial charge in [-0.15, -0.1) is 0 Å². The molecule has 0 bridgehead atoms. The molecule has 0 saturated heterocycles. The van der Waals surface area contributed by atoms with E-state index in [1.807, 2.05) is 0 Å². The molecule has 0 spiro atoms. The van der Waals surface area contributed by atoms with Crippen molar-refractivity contribution in [2.75, 3.05) is 7.11 Å². The number of benzene rings is 1. The van der Waals surface area contributed by atoms with Crippen molar-refractivity contribution in [3.63, 3.8) is 0 Å². The fourth-order valence-electron chi connectivity index (χ4n) is 3.23. The van der Waals surface area contributed by atoms with Crippen LogP contribution in [0.1, 0.15) is 17.4 Å². The molecule has 3 aromatic heterocycles. The summed E-state index contributed by atoms with van der Waals surface area (Å²) in [5.41, 5.74) is 6.96. The Morgan fingerprint density at radius 1 is 1.13 bits per heavy atom. The maximum Gasteiger partial charge on any atom is 0.267 e. The highest BCUT2D eigenvalue weighted by atomic mass is 19.1. The van der Waals surface area contributed by atoms with Crippen molar-refractivity contribution in [1.82, 2.24) is 19.5 Å². The monoisotopic (exact) mass is 409 g/mol. The smallest absolute Gasteiger partial charge is 0.267 e. The fraction of sp³-hybridized carbons (Fsp3) is 0.143. The van der Waals surface area contributed by atoms with Gasteiger partial charge >= 0.3 is 0 Å². The molecule has 0 aliphatic carbocycles. The molecule has 7 nitrogen and oxygen atoms in total. The molecule has 0 amide bonds. The van der Waals surface area contributed by atoms with E-state index in [1.54, 1.807) is 24.3 Å². The lowest BCUT2D eigenvalue weighted by Gasteiger charge is -2.18. The topological polar surface area (TPSA) is 95.9 Å². The van der Waals surface area contributed by atoms with Gasteiger partial charge in [0.25, 0.3) is 5.56 Å². The van der Waals surface area contributed by atoms with Gasteiger partial charge in [-0.25, -0.2) is 23.7 Å². The molecule has 0 aliphatic heterocycles. The average molecular weight is 409 g/mol. The number of nitrogens with zero attached hydrogens (tertiary/aromatic N) is 4.